The molecule has 0 spiro atoms. The van der Waals surface area contributed by atoms with Crippen molar-refractivity contribution in [3.05, 3.63) is 94.8 Å². The largest absolute Gasteiger partial charge is 0.443 e. The zero-order chi connectivity index (χ0) is 20.5. The third-order valence-corrected chi connectivity index (χ3v) is 5.73. The number of para-hydroxylation sites is 1. The Kier molecular flexibility index (Phi) is 4.97. The Hall–Kier alpha value is -3.18. The molecule has 2 aromatic heterocycles. The van der Waals surface area contributed by atoms with Crippen molar-refractivity contribution < 1.29 is 9.21 Å². The Balaban J connectivity index is 1.36. The van der Waals surface area contributed by atoms with E-state index >= 15 is 0 Å². The molecule has 0 bridgehead atoms. The molecule has 1 aliphatic rings. The highest BCUT2D eigenvalue weighted by atomic mass is 35.5. The van der Waals surface area contributed by atoms with Crippen LogP contribution < -0.4 is 0 Å². The molecule has 1 aliphatic heterocycles. The molecule has 6 heteroatoms. The number of carbonyl (C=O) groups excluding carboxylic acids is 1. The monoisotopic (exact) mass is 417 g/mol. The quantitative estimate of drug-likeness (QED) is 0.443. The summed E-state index contributed by atoms with van der Waals surface area (Å²) in [4.78, 5) is 24.1. The molecule has 0 saturated carbocycles. The second kappa shape index (κ2) is 7.92. The number of nitrogens with zero attached hydrogens (tertiary/aromatic N) is 3. The average molecular weight is 418 g/mol. The van der Waals surface area contributed by atoms with Gasteiger partial charge in [-0.25, -0.2) is 9.97 Å². The third kappa shape index (κ3) is 3.68. The average Bonchev–Trinajstić information content (AvgIpc) is 3.44. The number of fused-ring (bicyclic) bond motifs is 1. The van der Waals surface area contributed by atoms with Crippen LogP contribution in [0.1, 0.15) is 46.6 Å². The maximum atomic E-state index is 13.2. The molecule has 1 saturated heterocycles. The molecule has 1 unspecified atom stereocenters. The molecule has 4 aromatic rings. The number of amides is 1. The first-order chi connectivity index (χ1) is 14.7. The topological polar surface area (TPSA) is 59.2 Å². The summed E-state index contributed by atoms with van der Waals surface area (Å²) in [6.07, 6.45) is 4.13. The summed E-state index contributed by atoms with van der Waals surface area (Å²) in [6, 6.07) is 19.0. The summed E-state index contributed by atoms with van der Waals surface area (Å²) >= 11 is 5.95. The number of halogens is 1. The van der Waals surface area contributed by atoms with Crippen LogP contribution in [0.5, 0.6) is 0 Å². The molecule has 1 amide bonds. The number of benzene rings is 2. The highest BCUT2D eigenvalue weighted by molar-refractivity contribution is 6.30. The van der Waals surface area contributed by atoms with Crippen molar-refractivity contribution in [1.29, 1.82) is 0 Å². The molecular formula is C24H20ClN3O2. The standard InChI is InChI=1S/C24H20ClN3O2/c25-18-10-7-16(8-11-18)14-19-15-26-23(30-19)22-6-3-13-28(22)24(29)21-12-9-17-4-1-2-5-20(17)27-21/h1-2,4-5,7-12,15,22H,3,6,13-14H2. The molecule has 5 rings (SSSR count). The Bertz CT molecular complexity index is 1200. The van der Waals surface area contributed by atoms with E-state index in [0.717, 1.165) is 35.1 Å². The van der Waals surface area contributed by atoms with Crippen LogP contribution in [0.3, 0.4) is 0 Å². The minimum Gasteiger partial charge on any atom is -0.443 e. The van der Waals surface area contributed by atoms with E-state index in [9.17, 15) is 4.79 Å². The van der Waals surface area contributed by atoms with Gasteiger partial charge in [-0.3, -0.25) is 4.79 Å². The van der Waals surface area contributed by atoms with E-state index in [0.29, 0.717) is 29.6 Å². The fourth-order valence-electron chi connectivity index (χ4n) is 3.96. The Morgan fingerprint density at radius 3 is 2.80 bits per heavy atom. The highest BCUT2D eigenvalue weighted by Gasteiger charge is 2.34. The highest BCUT2D eigenvalue weighted by Crippen LogP contribution is 2.33. The first-order valence-electron chi connectivity index (χ1n) is 10.0. The number of aromatic nitrogens is 2. The van der Waals surface area contributed by atoms with E-state index in [2.05, 4.69) is 9.97 Å². The van der Waals surface area contributed by atoms with Gasteiger partial charge in [0.1, 0.15) is 17.5 Å². The maximum absolute atomic E-state index is 13.2. The van der Waals surface area contributed by atoms with Crippen molar-refractivity contribution in [2.75, 3.05) is 6.54 Å². The maximum Gasteiger partial charge on any atom is 0.273 e. The number of rotatable bonds is 4. The fraction of sp³-hybridized carbons (Fsp3) is 0.208. The fourth-order valence-corrected chi connectivity index (χ4v) is 4.09. The summed E-state index contributed by atoms with van der Waals surface area (Å²) in [5.74, 6) is 1.28. The lowest BCUT2D eigenvalue weighted by atomic mass is 10.1. The van der Waals surface area contributed by atoms with Gasteiger partial charge in [-0.2, -0.15) is 0 Å². The molecular weight excluding hydrogens is 398 g/mol. The second-order valence-electron chi connectivity index (χ2n) is 7.51. The lowest BCUT2D eigenvalue weighted by Gasteiger charge is -2.22. The van der Waals surface area contributed by atoms with Gasteiger partial charge in [0.05, 0.1) is 11.7 Å². The van der Waals surface area contributed by atoms with Crippen molar-refractivity contribution in [3.8, 4) is 0 Å². The van der Waals surface area contributed by atoms with Crippen LogP contribution in [-0.2, 0) is 6.42 Å². The van der Waals surface area contributed by atoms with Crippen LogP contribution in [0.2, 0.25) is 5.02 Å². The number of carbonyl (C=O) groups is 1. The van der Waals surface area contributed by atoms with Crippen LogP contribution in [0.4, 0.5) is 0 Å². The van der Waals surface area contributed by atoms with Gasteiger partial charge in [0.2, 0.25) is 5.89 Å². The Labute approximate surface area is 179 Å². The lowest BCUT2D eigenvalue weighted by Crippen LogP contribution is -2.31. The van der Waals surface area contributed by atoms with Crippen LogP contribution >= 0.6 is 11.6 Å². The van der Waals surface area contributed by atoms with Crippen molar-refractivity contribution in [2.24, 2.45) is 0 Å². The predicted molar refractivity (Wildman–Crippen MR) is 116 cm³/mol. The number of likely N-dealkylation sites (tertiary alicyclic amines) is 1. The van der Waals surface area contributed by atoms with Gasteiger partial charge in [0.15, 0.2) is 0 Å². The van der Waals surface area contributed by atoms with Crippen LogP contribution in [0.15, 0.2) is 71.3 Å². The minimum atomic E-state index is -0.162. The zero-order valence-electron chi connectivity index (χ0n) is 16.3. The van der Waals surface area contributed by atoms with E-state index in [4.69, 9.17) is 16.0 Å². The van der Waals surface area contributed by atoms with Crippen LogP contribution in [0, 0.1) is 0 Å². The van der Waals surface area contributed by atoms with Crippen LogP contribution in [-0.4, -0.2) is 27.3 Å². The molecule has 5 nitrogen and oxygen atoms in total. The minimum absolute atomic E-state index is 0.0827. The van der Waals surface area contributed by atoms with E-state index < -0.39 is 0 Å². The van der Waals surface area contributed by atoms with Crippen LogP contribution in [0.25, 0.3) is 10.9 Å². The number of oxazole rings is 1. The van der Waals surface area contributed by atoms with Crippen molar-refractivity contribution >= 4 is 28.4 Å². The summed E-state index contributed by atoms with van der Waals surface area (Å²) in [6.45, 7) is 0.674. The summed E-state index contributed by atoms with van der Waals surface area (Å²) in [5, 5.41) is 1.73. The van der Waals surface area contributed by atoms with E-state index in [-0.39, 0.29) is 11.9 Å². The van der Waals surface area contributed by atoms with Gasteiger partial charge >= 0.3 is 0 Å². The molecule has 150 valence electrons. The normalized spacial score (nSPS) is 16.3. The smallest absolute Gasteiger partial charge is 0.273 e. The van der Waals surface area contributed by atoms with Crippen molar-refractivity contribution in [1.82, 2.24) is 14.9 Å². The first-order valence-corrected chi connectivity index (χ1v) is 10.4. The van der Waals surface area contributed by atoms with Gasteiger partial charge in [-0.05, 0) is 42.7 Å². The molecule has 0 N–H and O–H groups in total. The van der Waals surface area contributed by atoms with Gasteiger partial charge in [-0.1, -0.05) is 48.0 Å². The van der Waals surface area contributed by atoms with E-state index in [1.807, 2.05) is 59.5 Å². The van der Waals surface area contributed by atoms with Gasteiger partial charge in [0, 0.05) is 23.4 Å². The van der Waals surface area contributed by atoms with Gasteiger partial charge in [-0.15, -0.1) is 0 Å². The second-order valence-corrected chi connectivity index (χ2v) is 7.95. The van der Waals surface area contributed by atoms with E-state index in [1.165, 1.54) is 0 Å². The number of pyridine rings is 1. The molecule has 30 heavy (non-hydrogen) atoms. The molecule has 0 radical (unpaired) electrons. The van der Waals surface area contributed by atoms with E-state index in [1.54, 1.807) is 12.3 Å². The SMILES string of the molecule is O=C(c1ccc2ccccc2n1)N1CCCC1c1ncc(Cc2ccc(Cl)cc2)o1. The number of hydrogen-bond donors (Lipinski definition) is 0. The zero-order valence-corrected chi connectivity index (χ0v) is 17.0. The first kappa shape index (κ1) is 18.8. The predicted octanol–water partition coefficient (Wildman–Crippen LogP) is 5.44. The molecule has 3 heterocycles. The molecule has 1 atom stereocenters. The molecule has 0 aliphatic carbocycles. The van der Waals surface area contributed by atoms with Crippen molar-refractivity contribution in [2.45, 2.75) is 25.3 Å². The number of hydrogen-bond acceptors (Lipinski definition) is 4. The Morgan fingerprint density at radius 2 is 1.93 bits per heavy atom. The third-order valence-electron chi connectivity index (χ3n) is 5.48. The van der Waals surface area contributed by atoms with Gasteiger partial charge < -0.3 is 9.32 Å². The molecule has 1 fully saturated rings. The summed E-state index contributed by atoms with van der Waals surface area (Å²) in [5.41, 5.74) is 2.37. The summed E-state index contributed by atoms with van der Waals surface area (Å²) in [7, 11) is 0. The summed E-state index contributed by atoms with van der Waals surface area (Å²) < 4.78 is 6.03. The van der Waals surface area contributed by atoms with Crippen molar-refractivity contribution in [3.63, 3.8) is 0 Å². The van der Waals surface area contributed by atoms with Gasteiger partial charge in [0.25, 0.3) is 5.91 Å². The lowest BCUT2D eigenvalue weighted by molar-refractivity contribution is 0.0709. The molecule has 2 aromatic carbocycles. The Morgan fingerprint density at radius 1 is 1.10 bits per heavy atom.